The molecule has 2 aliphatic heterocycles. The number of hydrogen-bond donors (Lipinski definition) is 1. The molecule has 0 bridgehead atoms. The molecule has 5 heteroatoms. The lowest BCUT2D eigenvalue weighted by molar-refractivity contribution is -0.144. The number of aliphatic carboxylic acids is 1. The normalized spacial score (nSPS) is 22.1. The number of aryl methyl sites for hydroxylation is 2. The van der Waals surface area contributed by atoms with Crippen LogP contribution in [0, 0.1) is 5.92 Å². The van der Waals surface area contributed by atoms with Crippen LogP contribution in [0.3, 0.4) is 0 Å². The van der Waals surface area contributed by atoms with Crippen LogP contribution in [0.2, 0.25) is 0 Å². The molecule has 33 heavy (non-hydrogen) atoms. The fraction of sp³-hybridized carbons (Fsp3) is 0.571. The number of likely N-dealkylation sites (tertiary alicyclic amines) is 2. The fourth-order valence-electron chi connectivity index (χ4n) is 6.21. The van der Waals surface area contributed by atoms with Gasteiger partial charge in [0.05, 0.1) is 0 Å². The lowest BCUT2D eigenvalue weighted by atomic mass is 9.89. The van der Waals surface area contributed by atoms with Gasteiger partial charge in [-0.15, -0.1) is 0 Å². The first kappa shape index (κ1) is 22.5. The molecule has 2 fully saturated rings. The smallest absolute Gasteiger partial charge is 0.325 e. The van der Waals surface area contributed by atoms with E-state index >= 15 is 0 Å². The highest BCUT2D eigenvalue weighted by Crippen LogP contribution is 2.30. The highest BCUT2D eigenvalue weighted by Gasteiger charge is 2.33. The molecule has 3 aliphatic rings. The Kier molecular flexibility index (Phi) is 7.07. The molecular formula is C28H37N3O2. The van der Waals surface area contributed by atoms with Crippen LogP contribution in [0.25, 0.3) is 0 Å². The summed E-state index contributed by atoms with van der Waals surface area (Å²) in [6.45, 7) is 4.05. The van der Waals surface area contributed by atoms with Gasteiger partial charge in [0.1, 0.15) is 6.04 Å². The molecule has 1 atom stereocenters. The first-order valence-corrected chi connectivity index (χ1v) is 12.9. The van der Waals surface area contributed by atoms with Gasteiger partial charge in [0, 0.05) is 30.5 Å². The number of carbonyl (C=O) groups is 1. The standard InChI is InChI=1S/C28H37N3O2/c32-28(33)27(23-7-2-1-3-8-23)31-18-14-25(15-19-31)30-16-12-21(13-17-30)20-24-11-10-22-6-4-5-9-26(22)29-24/h1-3,7-8,10-11,21,25,27H,4-6,9,12-20H2,(H,32,33)/t27-/m0/s1. The average molecular weight is 448 g/mol. The predicted octanol–water partition coefficient (Wildman–Crippen LogP) is 4.51. The number of carboxylic acids is 1. The summed E-state index contributed by atoms with van der Waals surface area (Å²) in [7, 11) is 0. The number of hydrogen-bond acceptors (Lipinski definition) is 4. The van der Waals surface area contributed by atoms with Crippen molar-refractivity contribution in [3.63, 3.8) is 0 Å². The van der Waals surface area contributed by atoms with Crippen molar-refractivity contribution in [1.82, 2.24) is 14.8 Å². The molecule has 1 aliphatic carbocycles. The fourth-order valence-corrected chi connectivity index (χ4v) is 6.21. The highest BCUT2D eigenvalue weighted by atomic mass is 16.4. The Morgan fingerprint density at radius 3 is 2.39 bits per heavy atom. The van der Waals surface area contributed by atoms with Crippen LogP contribution in [-0.4, -0.2) is 58.1 Å². The third-order valence-electron chi connectivity index (χ3n) is 8.11. The molecule has 5 rings (SSSR count). The van der Waals surface area contributed by atoms with Gasteiger partial charge in [-0.05, 0) is 94.0 Å². The van der Waals surface area contributed by atoms with E-state index in [0.29, 0.717) is 6.04 Å². The summed E-state index contributed by atoms with van der Waals surface area (Å²) >= 11 is 0. The summed E-state index contributed by atoms with van der Waals surface area (Å²) in [5, 5.41) is 9.85. The Morgan fingerprint density at radius 1 is 0.939 bits per heavy atom. The van der Waals surface area contributed by atoms with Crippen molar-refractivity contribution < 1.29 is 9.90 Å². The van der Waals surface area contributed by atoms with E-state index in [4.69, 9.17) is 4.98 Å². The molecule has 1 aromatic carbocycles. The van der Waals surface area contributed by atoms with Gasteiger partial charge in [0.2, 0.25) is 0 Å². The summed E-state index contributed by atoms with van der Waals surface area (Å²) in [5.41, 5.74) is 5.02. The Morgan fingerprint density at radius 2 is 1.67 bits per heavy atom. The number of carboxylic acid groups (broad SMARTS) is 1. The van der Waals surface area contributed by atoms with Crippen molar-refractivity contribution in [2.45, 2.75) is 69.9 Å². The molecule has 0 amide bonds. The molecule has 0 unspecified atom stereocenters. The minimum absolute atomic E-state index is 0.526. The van der Waals surface area contributed by atoms with E-state index in [0.717, 1.165) is 50.3 Å². The molecule has 2 saturated heterocycles. The maximum atomic E-state index is 12.0. The quantitative estimate of drug-likeness (QED) is 0.706. The van der Waals surface area contributed by atoms with E-state index in [1.165, 1.54) is 62.1 Å². The van der Waals surface area contributed by atoms with Gasteiger partial charge in [0.15, 0.2) is 0 Å². The Labute approximate surface area is 197 Å². The van der Waals surface area contributed by atoms with Crippen LogP contribution < -0.4 is 0 Å². The monoisotopic (exact) mass is 447 g/mol. The molecule has 5 nitrogen and oxygen atoms in total. The van der Waals surface area contributed by atoms with E-state index in [1.807, 2.05) is 30.3 Å². The molecule has 1 N–H and O–H groups in total. The van der Waals surface area contributed by atoms with Gasteiger partial charge in [-0.1, -0.05) is 36.4 Å². The molecule has 0 spiro atoms. The minimum Gasteiger partial charge on any atom is -0.480 e. The van der Waals surface area contributed by atoms with Crippen molar-refractivity contribution in [2.24, 2.45) is 5.92 Å². The van der Waals surface area contributed by atoms with Gasteiger partial charge >= 0.3 is 5.97 Å². The summed E-state index contributed by atoms with van der Waals surface area (Å²) in [6, 6.07) is 14.4. The van der Waals surface area contributed by atoms with Gasteiger partial charge in [0.25, 0.3) is 0 Å². The van der Waals surface area contributed by atoms with Crippen molar-refractivity contribution in [3.05, 3.63) is 65.0 Å². The van der Waals surface area contributed by atoms with Gasteiger partial charge in [-0.2, -0.15) is 0 Å². The SMILES string of the molecule is O=C(O)[C@H](c1ccccc1)N1CCC(N2CCC(Cc3ccc4c(n3)CCCC4)CC2)CC1. The lowest BCUT2D eigenvalue weighted by Gasteiger charge is -2.43. The van der Waals surface area contributed by atoms with E-state index in [-0.39, 0.29) is 0 Å². The zero-order chi connectivity index (χ0) is 22.6. The molecular weight excluding hydrogens is 410 g/mol. The number of benzene rings is 1. The molecule has 0 saturated carbocycles. The highest BCUT2D eigenvalue weighted by molar-refractivity contribution is 5.75. The van der Waals surface area contributed by atoms with Crippen LogP contribution in [-0.2, 0) is 24.1 Å². The van der Waals surface area contributed by atoms with E-state index in [1.54, 1.807) is 0 Å². The second-order valence-corrected chi connectivity index (χ2v) is 10.2. The molecule has 3 heterocycles. The molecule has 0 radical (unpaired) electrons. The first-order valence-electron chi connectivity index (χ1n) is 12.9. The van der Waals surface area contributed by atoms with Crippen LogP contribution in [0.4, 0.5) is 0 Å². The Hall–Kier alpha value is -2.24. The maximum absolute atomic E-state index is 12.0. The zero-order valence-electron chi connectivity index (χ0n) is 19.7. The number of fused-ring (bicyclic) bond motifs is 1. The van der Waals surface area contributed by atoms with Crippen LogP contribution in [0.5, 0.6) is 0 Å². The van der Waals surface area contributed by atoms with Crippen molar-refractivity contribution in [1.29, 1.82) is 0 Å². The average Bonchev–Trinajstić information content (AvgIpc) is 2.86. The first-order chi connectivity index (χ1) is 16.2. The van der Waals surface area contributed by atoms with Crippen molar-refractivity contribution in [2.75, 3.05) is 26.2 Å². The number of aromatic nitrogens is 1. The third kappa shape index (κ3) is 5.30. The van der Waals surface area contributed by atoms with Crippen LogP contribution >= 0.6 is 0 Å². The van der Waals surface area contributed by atoms with Gasteiger partial charge in [-0.25, -0.2) is 0 Å². The summed E-state index contributed by atoms with van der Waals surface area (Å²) < 4.78 is 0. The maximum Gasteiger partial charge on any atom is 0.325 e. The van der Waals surface area contributed by atoms with E-state index < -0.39 is 12.0 Å². The van der Waals surface area contributed by atoms with Crippen LogP contribution in [0.1, 0.15) is 67.1 Å². The van der Waals surface area contributed by atoms with Crippen molar-refractivity contribution in [3.8, 4) is 0 Å². The summed E-state index contributed by atoms with van der Waals surface area (Å²) in [6.07, 6.45) is 10.7. The summed E-state index contributed by atoms with van der Waals surface area (Å²) in [4.78, 5) is 21.8. The number of pyridine rings is 1. The number of nitrogens with zero attached hydrogens (tertiary/aromatic N) is 3. The third-order valence-corrected chi connectivity index (χ3v) is 8.11. The molecule has 2 aromatic rings. The Bertz CT molecular complexity index is 931. The van der Waals surface area contributed by atoms with Crippen LogP contribution in [0.15, 0.2) is 42.5 Å². The van der Waals surface area contributed by atoms with E-state index in [9.17, 15) is 9.90 Å². The lowest BCUT2D eigenvalue weighted by Crippen LogP contribution is -2.49. The Balaban J connectivity index is 1.11. The number of piperidine rings is 2. The minimum atomic E-state index is -0.740. The van der Waals surface area contributed by atoms with E-state index in [2.05, 4.69) is 21.9 Å². The second kappa shape index (κ2) is 10.4. The molecule has 176 valence electrons. The summed E-state index contributed by atoms with van der Waals surface area (Å²) in [5.74, 6) is 0.00111. The second-order valence-electron chi connectivity index (χ2n) is 10.2. The van der Waals surface area contributed by atoms with Gasteiger partial charge < -0.3 is 10.0 Å². The predicted molar refractivity (Wildman–Crippen MR) is 130 cm³/mol. The molecule has 1 aromatic heterocycles. The number of rotatable bonds is 6. The van der Waals surface area contributed by atoms with Gasteiger partial charge in [-0.3, -0.25) is 14.7 Å². The topological polar surface area (TPSA) is 56.7 Å². The largest absolute Gasteiger partial charge is 0.480 e. The van der Waals surface area contributed by atoms with Crippen molar-refractivity contribution >= 4 is 5.97 Å². The zero-order valence-corrected chi connectivity index (χ0v) is 19.7.